The number of nitrogens with zero attached hydrogens (tertiary/aromatic N) is 1. The Morgan fingerprint density at radius 3 is 2.52 bits per heavy atom. The van der Waals surface area contributed by atoms with Crippen LogP contribution in [0.4, 0.5) is 5.69 Å². The first-order valence-electron chi connectivity index (χ1n) is 10.8. The molecule has 5 heteroatoms. The van der Waals surface area contributed by atoms with Gasteiger partial charge in [0.1, 0.15) is 18.5 Å². The third kappa shape index (κ3) is 4.28. The van der Waals surface area contributed by atoms with Crippen molar-refractivity contribution < 1.29 is 14.3 Å². The van der Waals surface area contributed by atoms with Crippen molar-refractivity contribution in [2.75, 3.05) is 18.5 Å². The molecule has 1 N–H and O–H groups in total. The Hall–Kier alpha value is -3.31. The molecule has 0 radical (unpaired) electrons. The summed E-state index contributed by atoms with van der Waals surface area (Å²) in [4.78, 5) is 15.3. The SMILES string of the molecule is O=C1c2ccccc2NC(c2ccc(OCC3CCCO3)cc2)N1Cc1ccccc1. The highest BCUT2D eigenvalue weighted by Crippen LogP contribution is 2.34. The molecule has 31 heavy (non-hydrogen) atoms. The van der Waals surface area contributed by atoms with E-state index in [1.165, 1.54) is 0 Å². The summed E-state index contributed by atoms with van der Waals surface area (Å²) in [6, 6.07) is 25.8. The third-order valence-corrected chi connectivity index (χ3v) is 5.87. The van der Waals surface area contributed by atoms with Gasteiger partial charge in [-0.25, -0.2) is 0 Å². The molecule has 2 aliphatic rings. The molecule has 158 valence electrons. The fourth-order valence-corrected chi connectivity index (χ4v) is 4.21. The molecule has 3 aromatic carbocycles. The average Bonchev–Trinajstić information content (AvgIpc) is 3.34. The van der Waals surface area contributed by atoms with E-state index in [4.69, 9.17) is 9.47 Å². The van der Waals surface area contributed by atoms with E-state index in [0.29, 0.717) is 18.7 Å². The lowest BCUT2D eigenvalue weighted by molar-refractivity contribution is 0.0663. The van der Waals surface area contributed by atoms with Gasteiger partial charge in [-0.1, -0.05) is 54.6 Å². The van der Waals surface area contributed by atoms with E-state index in [2.05, 4.69) is 5.32 Å². The zero-order valence-electron chi connectivity index (χ0n) is 17.4. The fraction of sp³-hybridized carbons (Fsp3) is 0.269. The predicted molar refractivity (Wildman–Crippen MR) is 120 cm³/mol. The molecule has 0 spiro atoms. The van der Waals surface area contributed by atoms with Crippen LogP contribution in [0.15, 0.2) is 78.9 Å². The Balaban J connectivity index is 1.38. The van der Waals surface area contributed by atoms with Gasteiger partial charge in [-0.2, -0.15) is 0 Å². The predicted octanol–water partition coefficient (Wildman–Crippen LogP) is 5.01. The van der Waals surface area contributed by atoms with Crippen molar-refractivity contribution in [2.45, 2.75) is 31.7 Å². The largest absolute Gasteiger partial charge is 0.491 e. The summed E-state index contributed by atoms with van der Waals surface area (Å²) in [6.07, 6.45) is 2.10. The molecule has 0 aromatic heterocycles. The number of amides is 1. The number of ether oxygens (including phenoxy) is 2. The number of rotatable bonds is 6. The van der Waals surface area contributed by atoms with Gasteiger partial charge in [-0.15, -0.1) is 0 Å². The summed E-state index contributed by atoms with van der Waals surface area (Å²) in [5.74, 6) is 0.846. The van der Waals surface area contributed by atoms with E-state index in [-0.39, 0.29) is 18.2 Å². The van der Waals surface area contributed by atoms with Crippen LogP contribution in [0, 0.1) is 0 Å². The average molecular weight is 415 g/mol. The Morgan fingerprint density at radius 2 is 1.74 bits per heavy atom. The Kier molecular flexibility index (Phi) is 5.59. The minimum Gasteiger partial charge on any atom is -0.491 e. The molecule has 1 fully saturated rings. The lowest BCUT2D eigenvalue weighted by Crippen LogP contribution is -2.42. The number of hydrogen-bond acceptors (Lipinski definition) is 4. The van der Waals surface area contributed by atoms with Gasteiger partial charge in [-0.3, -0.25) is 4.79 Å². The van der Waals surface area contributed by atoms with Crippen LogP contribution in [0.1, 0.15) is 40.5 Å². The molecule has 2 aliphatic heterocycles. The molecule has 0 aliphatic carbocycles. The van der Waals surface area contributed by atoms with Crippen molar-refractivity contribution >= 4 is 11.6 Å². The van der Waals surface area contributed by atoms with Crippen molar-refractivity contribution in [3.05, 3.63) is 95.6 Å². The van der Waals surface area contributed by atoms with Crippen molar-refractivity contribution in [1.29, 1.82) is 0 Å². The van der Waals surface area contributed by atoms with Gasteiger partial charge in [-0.05, 0) is 48.2 Å². The zero-order chi connectivity index (χ0) is 21.0. The summed E-state index contributed by atoms with van der Waals surface area (Å²) >= 11 is 0. The van der Waals surface area contributed by atoms with Gasteiger partial charge < -0.3 is 19.7 Å². The maximum atomic E-state index is 13.4. The van der Waals surface area contributed by atoms with Crippen LogP contribution in [0.25, 0.3) is 0 Å². The standard InChI is InChI=1S/C26H26N2O3/c29-26-23-10-4-5-11-24(23)27-25(28(26)17-19-7-2-1-3-8-19)20-12-14-21(15-13-20)31-18-22-9-6-16-30-22/h1-5,7-8,10-15,22,25,27H,6,9,16-18H2. The molecule has 3 aromatic rings. The zero-order valence-corrected chi connectivity index (χ0v) is 17.4. The second-order valence-corrected chi connectivity index (χ2v) is 8.03. The van der Waals surface area contributed by atoms with Gasteiger partial charge in [0.2, 0.25) is 0 Å². The molecule has 0 bridgehead atoms. The number of anilines is 1. The Labute approximate surface area is 182 Å². The number of hydrogen-bond donors (Lipinski definition) is 1. The number of para-hydroxylation sites is 1. The lowest BCUT2D eigenvalue weighted by atomic mass is 10.0. The number of carbonyl (C=O) groups excluding carboxylic acids is 1. The fourth-order valence-electron chi connectivity index (χ4n) is 4.21. The minimum atomic E-state index is -0.255. The third-order valence-electron chi connectivity index (χ3n) is 5.87. The van der Waals surface area contributed by atoms with E-state index in [9.17, 15) is 4.79 Å². The van der Waals surface area contributed by atoms with Crippen molar-refractivity contribution in [2.24, 2.45) is 0 Å². The highest BCUT2D eigenvalue weighted by molar-refractivity contribution is 6.01. The van der Waals surface area contributed by atoms with E-state index < -0.39 is 0 Å². The van der Waals surface area contributed by atoms with Gasteiger partial charge in [0.25, 0.3) is 5.91 Å². The van der Waals surface area contributed by atoms with Crippen LogP contribution in [-0.4, -0.2) is 30.1 Å². The highest BCUT2D eigenvalue weighted by Gasteiger charge is 2.32. The van der Waals surface area contributed by atoms with Gasteiger partial charge >= 0.3 is 0 Å². The van der Waals surface area contributed by atoms with Crippen molar-refractivity contribution in [3.8, 4) is 5.75 Å². The first-order valence-corrected chi connectivity index (χ1v) is 10.8. The summed E-state index contributed by atoms with van der Waals surface area (Å²) in [5, 5.41) is 3.55. The second kappa shape index (κ2) is 8.82. The van der Waals surface area contributed by atoms with Crippen LogP contribution in [0.5, 0.6) is 5.75 Å². The second-order valence-electron chi connectivity index (χ2n) is 8.03. The molecule has 0 saturated carbocycles. The minimum absolute atomic E-state index is 0.0295. The summed E-state index contributed by atoms with van der Waals surface area (Å²) in [7, 11) is 0. The van der Waals surface area contributed by atoms with E-state index in [1.54, 1.807) is 0 Å². The highest BCUT2D eigenvalue weighted by atomic mass is 16.5. The summed E-state index contributed by atoms with van der Waals surface area (Å²) < 4.78 is 11.5. The van der Waals surface area contributed by atoms with E-state index >= 15 is 0 Å². The lowest BCUT2D eigenvalue weighted by Gasteiger charge is -2.38. The normalized spacial score (nSPS) is 20.3. The Morgan fingerprint density at radius 1 is 0.968 bits per heavy atom. The van der Waals surface area contributed by atoms with Crippen LogP contribution in [-0.2, 0) is 11.3 Å². The molecule has 2 heterocycles. The van der Waals surface area contributed by atoms with Crippen molar-refractivity contribution in [3.63, 3.8) is 0 Å². The van der Waals surface area contributed by atoms with Crippen LogP contribution in [0.2, 0.25) is 0 Å². The number of benzene rings is 3. The molecular weight excluding hydrogens is 388 g/mol. The van der Waals surface area contributed by atoms with E-state index in [1.807, 2.05) is 83.8 Å². The van der Waals surface area contributed by atoms with Gasteiger partial charge in [0.05, 0.1) is 11.7 Å². The molecule has 5 rings (SSSR count). The molecule has 5 nitrogen and oxygen atoms in total. The number of carbonyl (C=O) groups is 1. The molecule has 2 unspecified atom stereocenters. The molecular formula is C26H26N2O3. The first kappa shape index (κ1) is 19.6. The van der Waals surface area contributed by atoms with E-state index in [0.717, 1.165) is 42.0 Å². The smallest absolute Gasteiger partial charge is 0.258 e. The molecule has 2 atom stereocenters. The first-order chi connectivity index (χ1) is 15.3. The summed E-state index contributed by atoms with van der Waals surface area (Å²) in [6.45, 7) is 1.93. The van der Waals surface area contributed by atoms with Crippen LogP contribution < -0.4 is 10.1 Å². The van der Waals surface area contributed by atoms with Crippen LogP contribution in [0.3, 0.4) is 0 Å². The maximum Gasteiger partial charge on any atom is 0.258 e. The van der Waals surface area contributed by atoms with Gasteiger partial charge in [0.15, 0.2) is 0 Å². The monoisotopic (exact) mass is 414 g/mol. The quantitative estimate of drug-likeness (QED) is 0.616. The summed E-state index contributed by atoms with van der Waals surface area (Å²) in [5.41, 5.74) is 3.67. The van der Waals surface area contributed by atoms with Gasteiger partial charge in [0, 0.05) is 18.8 Å². The maximum absolute atomic E-state index is 13.4. The number of fused-ring (bicyclic) bond motifs is 1. The molecule has 1 saturated heterocycles. The molecule has 1 amide bonds. The number of nitrogens with one attached hydrogen (secondary N) is 1. The van der Waals surface area contributed by atoms with Crippen LogP contribution >= 0.6 is 0 Å². The topological polar surface area (TPSA) is 50.8 Å². The Bertz CT molecular complexity index is 1030. The van der Waals surface area contributed by atoms with Crippen molar-refractivity contribution in [1.82, 2.24) is 4.90 Å².